The summed E-state index contributed by atoms with van der Waals surface area (Å²) in [6.45, 7) is 8.35. The molecule has 1 fully saturated rings. The second-order valence-electron chi connectivity index (χ2n) is 7.77. The smallest absolute Gasteiger partial charge is 0.275 e. The van der Waals surface area contributed by atoms with Crippen LogP contribution in [0.1, 0.15) is 26.3 Å². The summed E-state index contributed by atoms with van der Waals surface area (Å²) in [5.41, 5.74) is 0.629. The van der Waals surface area contributed by atoms with Crippen LogP contribution in [0.3, 0.4) is 0 Å². The molecule has 0 bridgehead atoms. The Bertz CT molecular complexity index is 722. The summed E-state index contributed by atoms with van der Waals surface area (Å²) in [6, 6.07) is 6.97. The number of hydrogen-bond donors (Lipinski definition) is 2. The number of morpholine rings is 1. The van der Waals surface area contributed by atoms with Gasteiger partial charge in [-0.1, -0.05) is 12.1 Å². The monoisotopic (exact) mass is 384 g/mol. The quantitative estimate of drug-likeness (QED) is 0.702. The molecule has 8 heteroatoms. The molecule has 0 radical (unpaired) electrons. The number of hydrogen-bond acceptors (Lipinski definition) is 4. The predicted molar refractivity (Wildman–Crippen MR) is 99.4 cm³/mol. The van der Waals surface area contributed by atoms with Crippen LogP contribution in [0.5, 0.6) is 0 Å². The zero-order chi connectivity index (χ0) is 19.4. The van der Waals surface area contributed by atoms with E-state index >= 15 is 0 Å². The van der Waals surface area contributed by atoms with Gasteiger partial charge < -0.3 is 15.0 Å². The van der Waals surface area contributed by atoms with Crippen molar-refractivity contribution >= 4 is 15.9 Å². The molecular weight excluding hydrogens is 354 g/mol. The van der Waals surface area contributed by atoms with E-state index < -0.39 is 10.0 Å². The normalized spacial score (nSPS) is 17.7. The van der Waals surface area contributed by atoms with Crippen molar-refractivity contribution in [2.24, 2.45) is 0 Å². The van der Waals surface area contributed by atoms with E-state index in [4.69, 9.17) is 4.74 Å². The number of nitrogens with zero attached hydrogens (tertiary/aromatic N) is 1. The summed E-state index contributed by atoms with van der Waals surface area (Å²) in [6.07, 6.45) is 0. The Kier molecular flexibility index (Phi) is 6.79. The summed E-state index contributed by atoms with van der Waals surface area (Å²) in [7, 11) is -1.58. The summed E-state index contributed by atoms with van der Waals surface area (Å²) in [5, 5.41) is 2.94. The number of rotatable bonds is 6. The first kappa shape index (κ1) is 20.8. The number of sulfonamides is 1. The minimum atomic E-state index is -3.50. The first-order valence-corrected chi connectivity index (χ1v) is 10.3. The molecule has 1 atom stereocenters. The number of likely N-dealkylation sites (N-methyl/N-ethyl adjacent to an activating group) is 1. The second kappa shape index (κ2) is 8.47. The van der Waals surface area contributed by atoms with Crippen molar-refractivity contribution in [2.45, 2.75) is 37.8 Å². The van der Waals surface area contributed by atoms with Gasteiger partial charge in [0.2, 0.25) is 10.0 Å². The highest BCUT2D eigenvalue weighted by Gasteiger charge is 2.26. The van der Waals surface area contributed by atoms with E-state index in [9.17, 15) is 13.2 Å². The number of ether oxygens (including phenoxy) is 1. The van der Waals surface area contributed by atoms with E-state index in [0.717, 1.165) is 10.5 Å². The maximum Gasteiger partial charge on any atom is 0.275 e. The topological polar surface area (TPSA) is 80.2 Å². The van der Waals surface area contributed by atoms with Gasteiger partial charge >= 0.3 is 0 Å². The Morgan fingerprint density at radius 3 is 2.54 bits per heavy atom. The van der Waals surface area contributed by atoms with Gasteiger partial charge in [-0.15, -0.1) is 0 Å². The van der Waals surface area contributed by atoms with Crippen molar-refractivity contribution < 1.29 is 22.8 Å². The SMILES string of the molecule is C[NH+](CC(=O)NC(C)(C)C)Cc1cccc(S(=O)(=O)N2CCOCC2)c1. The Morgan fingerprint density at radius 2 is 1.92 bits per heavy atom. The minimum absolute atomic E-state index is 0.0212. The highest BCUT2D eigenvalue weighted by Crippen LogP contribution is 2.18. The lowest BCUT2D eigenvalue weighted by Crippen LogP contribution is -3.09. The highest BCUT2D eigenvalue weighted by molar-refractivity contribution is 7.89. The molecule has 1 amide bonds. The number of benzene rings is 1. The van der Waals surface area contributed by atoms with Crippen LogP contribution in [0, 0.1) is 0 Å². The number of amides is 1. The largest absolute Gasteiger partial charge is 0.379 e. The molecule has 0 saturated carbocycles. The fraction of sp³-hybridized carbons (Fsp3) is 0.611. The molecule has 146 valence electrons. The summed E-state index contributed by atoms with van der Waals surface area (Å²) in [4.78, 5) is 13.3. The number of carbonyl (C=O) groups excluding carboxylic acids is 1. The van der Waals surface area contributed by atoms with E-state index in [2.05, 4.69) is 5.32 Å². The van der Waals surface area contributed by atoms with Crippen LogP contribution in [-0.2, 0) is 26.1 Å². The molecule has 1 aromatic carbocycles. The van der Waals surface area contributed by atoms with Crippen LogP contribution in [0.4, 0.5) is 0 Å². The third kappa shape index (κ3) is 6.05. The molecule has 1 aromatic rings. The molecule has 1 saturated heterocycles. The Morgan fingerprint density at radius 1 is 1.27 bits per heavy atom. The average molecular weight is 385 g/mol. The maximum atomic E-state index is 12.8. The van der Waals surface area contributed by atoms with Gasteiger partial charge in [0.05, 0.1) is 25.2 Å². The van der Waals surface area contributed by atoms with Crippen molar-refractivity contribution in [2.75, 3.05) is 39.9 Å². The molecule has 0 spiro atoms. The second-order valence-corrected chi connectivity index (χ2v) is 9.71. The summed E-state index contributed by atoms with van der Waals surface area (Å²) in [5.74, 6) is -0.0212. The van der Waals surface area contributed by atoms with Crippen LogP contribution in [0.25, 0.3) is 0 Å². The fourth-order valence-corrected chi connectivity index (χ4v) is 4.38. The predicted octanol–water partition coefficient (Wildman–Crippen LogP) is -0.363. The number of quaternary nitrogens is 1. The van der Waals surface area contributed by atoms with E-state index in [0.29, 0.717) is 44.3 Å². The lowest BCUT2D eigenvalue weighted by atomic mass is 10.1. The van der Waals surface area contributed by atoms with Gasteiger partial charge in [-0.3, -0.25) is 4.79 Å². The third-order valence-electron chi connectivity index (χ3n) is 3.99. The molecule has 2 rings (SSSR count). The molecule has 1 heterocycles. The molecule has 7 nitrogen and oxygen atoms in total. The first-order chi connectivity index (χ1) is 12.1. The van der Waals surface area contributed by atoms with Crippen LogP contribution in [0.15, 0.2) is 29.2 Å². The highest BCUT2D eigenvalue weighted by atomic mass is 32.2. The van der Waals surface area contributed by atoms with Gasteiger partial charge in [0, 0.05) is 24.2 Å². The Labute approximate surface area is 156 Å². The van der Waals surface area contributed by atoms with Crippen LogP contribution < -0.4 is 10.2 Å². The molecule has 1 aliphatic heterocycles. The van der Waals surface area contributed by atoms with Gasteiger partial charge in [-0.2, -0.15) is 4.31 Å². The summed E-state index contributed by atoms with van der Waals surface area (Å²) >= 11 is 0. The van der Waals surface area contributed by atoms with Gasteiger partial charge in [-0.25, -0.2) is 8.42 Å². The third-order valence-corrected chi connectivity index (χ3v) is 5.88. The van der Waals surface area contributed by atoms with Gasteiger partial charge in [0.25, 0.3) is 5.91 Å². The molecule has 0 aliphatic carbocycles. The number of nitrogens with one attached hydrogen (secondary N) is 2. The standard InChI is InChI=1S/C18H29N3O4S/c1-18(2,3)19-17(22)14-20(4)13-15-6-5-7-16(12-15)26(23,24)21-8-10-25-11-9-21/h5-7,12H,8-11,13-14H2,1-4H3,(H,19,22)/p+1. The summed E-state index contributed by atoms with van der Waals surface area (Å²) < 4.78 is 32.2. The van der Waals surface area contributed by atoms with Crippen LogP contribution in [-0.4, -0.2) is 64.1 Å². The Hall–Kier alpha value is -1.48. The lowest BCUT2D eigenvalue weighted by molar-refractivity contribution is -0.885. The van der Waals surface area contributed by atoms with Crippen molar-refractivity contribution in [1.82, 2.24) is 9.62 Å². The number of carbonyl (C=O) groups is 1. The van der Waals surface area contributed by atoms with Crippen molar-refractivity contribution in [1.29, 1.82) is 0 Å². The van der Waals surface area contributed by atoms with Crippen molar-refractivity contribution in [3.8, 4) is 0 Å². The van der Waals surface area contributed by atoms with Crippen LogP contribution in [0.2, 0.25) is 0 Å². The van der Waals surface area contributed by atoms with Crippen LogP contribution >= 0.6 is 0 Å². The van der Waals surface area contributed by atoms with E-state index in [1.807, 2.05) is 33.9 Å². The van der Waals surface area contributed by atoms with Crippen molar-refractivity contribution in [3.05, 3.63) is 29.8 Å². The van der Waals surface area contributed by atoms with E-state index in [-0.39, 0.29) is 11.4 Å². The van der Waals surface area contributed by atoms with Gasteiger partial charge in [0.1, 0.15) is 6.54 Å². The van der Waals surface area contributed by atoms with Crippen molar-refractivity contribution in [3.63, 3.8) is 0 Å². The maximum absolute atomic E-state index is 12.8. The molecular formula is C18H30N3O4S+. The van der Waals surface area contributed by atoms with Gasteiger partial charge in [0.15, 0.2) is 6.54 Å². The van der Waals surface area contributed by atoms with E-state index in [1.54, 1.807) is 18.2 Å². The minimum Gasteiger partial charge on any atom is -0.379 e. The molecule has 26 heavy (non-hydrogen) atoms. The average Bonchev–Trinajstić information content (AvgIpc) is 2.54. The molecule has 0 aromatic heterocycles. The van der Waals surface area contributed by atoms with E-state index in [1.165, 1.54) is 4.31 Å². The zero-order valence-corrected chi connectivity index (χ0v) is 16.9. The molecule has 2 N–H and O–H groups in total. The molecule has 1 aliphatic rings. The zero-order valence-electron chi connectivity index (χ0n) is 16.0. The molecule has 1 unspecified atom stereocenters. The fourth-order valence-electron chi connectivity index (χ4n) is 2.90. The Balaban J connectivity index is 2.03. The van der Waals surface area contributed by atoms with Gasteiger partial charge in [-0.05, 0) is 32.9 Å². The first-order valence-electron chi connectivity index (χ1n) is 8.87. The lowest BCUT2D eigenvalue weighted by Gasteiger charge is -2.26.